The summed E-state index contributed by atoms with van der Waals surface area (Å²) < 4.78 is 17.8. The molecule has 18 rings (SSSR count). The van der Waals surface area contributed by atoms with Crippen molar-refractivity contribution in [1.29, 1.82) is 0 Å². The molecule has 0 saturated heterocycles. The molecule has 0 radical (unpaired) electrons. The van der Waals surface area contributed by atoms with Crippen LogP contribution in [-0.4, -0.2) is 9.13 Å². The van der Waals surface area contributed by atoms with Crippen LogP contribution in [0.15, 0.2) is 336 Å². The molecule has 0 fully saturated rings. The Balaban J connectivity index is 0.702. The molecule has 0 aliphatic rings. The molecule has 0 atom stereocenters. The third kappa shape index (κ3) is 8.34. The van der Waals surface area contributed by atoms with Crippen LogP contribution in [-0.2, 0) is 0 Å². The number of para-hydroxylation sites is 8. The molecule has 4 heterocycles. The maximum Gasteiger partial charge on any atom is 0.143 e. The number of fused-ring (bicyclic) bond motifs is 12. The molecule has 0 saturated carbocycles. The average Bonchev–Trinajstić information content (AvgIpc) is 1.66. The summed E-state index contributed by atoms with van der Waals surface area (Å²) in [5, 5.41) is 9.44. The lowest BCUT2D eigenvalue weighted by Crippen LogP contribution is -2.10. The Bertz CT molecular complexity index is 5290. The van der Waals surface area contributed by atoms with Crippen LogP contribution < -0.4 is 9.80 Å². The van der Waals surface area contributed by atoms with Crippen LogP contribution in [0.3, 0.4) is 0 Å². The van der Waals surface area contributed by atoms with Crippen molar-refractivity contribution in [1.82, 2.24) is 9.13 Å². The Morgan fingerprint density at radius 2 is 0.456 bits per heavy atom. The molecule has 6 nitrogen and oxygen atoms in total. The lowest BCUT2D eigenvalue weighted by Gasteiger charge is -2.27. The summed E-state index contributed by atoms with van der Waals surface area (Å²) in [7, 11) is 0. The van der Waals surface area contributed by atoms with Crippen molar-refractivity contribution in [3.8, 4) is 44.8 Å². The molecule has 0 spiro atoms. The van der Waals surface area contributed by atoms with Gasteiger partial charge in [0.15, 0.2) is 0 Å². The lowest BCUT2D eigenvalue weighted by molar-refractivity contribution is 0.669. The van der Waals surface area contributed by atoms with E-state index >= 15 is 0 Å². The van der Waals surface area contributed by atoms with Crippen molar-refractivity contribution in [2.75, 3.05) is 9.80 Å². The Kier molecular flexibility index (Phi) is 11.8. The fourth-order valence-electron chi connectivity index (χ4n) is 13.9. The summed E-state index contributed by atoms with van der Waals surface area (Å²) in [6.45, 7) is 0. The van der Waals surface area contributed by atoms with Gasteiger partial charge in [0.2, 0.25) is 0 Å². The van der Waals surface area contributed by atoms with Gasteiger partial charge in [0.25, 0.3) is 0 Å². The SMILES string of the molecule is c1ccc2c(c1)oc1c(-c3ccc(N(c4ccc(-c5ccc(N(c6ccc(-c7cccc8c7oc7ccccc78)cc6)c6ccc(-n7c8ccccc8c8ccccc87)cc6)cc5)cc4)c4ccc(-n5c6ccccc6c6ccccc65)cc4)cc3)cccc12. The van der Waals surface area contributed by atoms with E-state index < -0.39 is 0 Å². The average molecular weight is 1150 g/mol. The van der Waals surface area contributed by atoms with E-state index in [2.05, 4.69) is 322 Å². The number of anilines is 6. The van der Waals surface area contributed by atoms with Crippen molar-refractivity contribution < 1.29 is 8.83 Å². The molecule has 14 aromatic carbocycles. The smallest absolute Gasteiger partial charge is 0.143 e. The van der Waals surface area contributed by atoms with Gasteiger partial charge in [0.1, 0.15) is 22.3 Å². The Labute approximate surface area is 518 Å². The molecule has 0 aliphatic heterocycles. The quantitative estimate of drug-likeness (QED) is 0.129. The Hall–Kier alpha value is -12.1. The maximum atomic E-state index is 6.51. The second kappa shape index (κ2) is 20.8. The number of rotatable bonds is 11. The molecule has 18 aromatic rings. The highest BCUT2D eigenvalue weighted by Gasteiger charge is 2.21. The molecule has 0 amide bonds. The Morgan fingerprint density at radius 1 is 0.200 bits per heavy atom. The number of benzene rings is 14. The molecule has 4 aromatic heterocycles. The number of nitrogens with zero attached hydrogens (tertiary/aromatic N) is 4. The minimum atomic E-state index is 0.891. The molecule has 422 valence electrons. The van der Waals surface area contributed by atoms with Gasteiger partial charge < -0.3 is 27.8 Å². The van der Waals surface area contributed by atoms with Crippen LogP contribution in [0.5, 0.6) is 0 Å². The molecule has 0 aliphatic carbocycles. The zero-order valence-electron chi connectivity index (χ0n) is 48.8. The van der Waals surface area contributed by atoms with Gasteiger partial charge in [-0.25, -0.2) is 0 Å². The molecular formula is C84H54N4O2. The number of furan rings is 2. The van der Waals surface area contributed by atoms with Crippen LogP contribution in [0.1, 0.15) is 0 Å². The molecule has 0 N–H and O–H groups in total. The van der Waals surface area contributed by atoms with Gasteiger partial charge in [-0.2, -0.15) is 0 Å². The van der Waals surface area contributed by atoms with E-state index in [0.29, 0.717) is 0 Å². The predicted octanol–water partition coefficient (Wildman–Crippen LogP) is 23.6. The van der Waals surface area contributed by atoms with E-state index in [-0.39, 0.29) is 0 Å². The third-order valence-corrected chi connectivity index (χ3v) is 18.2. The first-order valence-corrected chi connectivity index (χ1v) is 30.6. The van der Waals surface area contributed by atoms with Gasteiger partial charge >= 0.3 is 0 Å². The van der Waals surface area contributed by atoms with E-state index in [1.165, 1.54) is 43.6 Å². The summed E-state index contributed by atoms with van der Waals surface area (Å²) in [6, 6.07) is 118. The summed E-state index contributed by atoms with van der Waals surface area (Å²) >= 11 is 0. The van der Waals surface area contributed by atoms with Gasteiger partial charge in [-0.1, -0.05) is 194 Å². The summed E-state index contributed by atoms with van der Waals surface area (Å²) in [6.07, 6.45) is 0. The van der Waals surface area contributed by atoms with Gasteiger partial charge in [-0.15, -0.1) is 0 Å². The highest BCUT2D eigenvalue weighted by atomic mass is 16.3. The summed E-state index contributed by atoms with van der Waals surface area (Å²) in [5.41, 5.74) is 23.3. The third-order valence-electron chi connectivity index (χ3n) is 18.2. The number of hydrogen-bond donors (Lipinski definition) is 0. The van der Waals surface area contributed by atoms with Crippen LogP contribution in [0.2, 0.25) is 0 Å². The second-order valence-corrected chi connectivity index (χ2v) is 23.2. The first-order valence-electron chi connectivity index (χ1n) is 30.6. The van der Waals surface area contributed by atoms with Gasteiger partial charge in [-0.3, -0.25) is 0 Å². The molecule has 90 heavy (non-hydrogen) atoms. The zero-order chi connectivity index (χ0) is 59.2. The van der Waals surface area contributed by atoms with E-state index in [4.69, 9.17) is 8.83 Å². The largest absolute Gasteiger partial charge is 0.455 e. The fraction of sp³-hybridized carbons (Fsp3) is 0. The highest BCUT2D eigenvalue weighted by molar-refractivity contribution is 6.12. The minimum absolute atomic E-state index is 0.891. The molecule has 0 bridgehead atoms. The normalized spacial score (nSPS) is 11.8. The van der Waals surface area contributed by atoms with E-state index in [9.17, 15) is 0 Å². The Morgan fingerprint density at radius 3 is 0.778 bits per heavy atom. The van der Waals surface area contributed by atoms with Crippen molar-refractivity contribution in [2.24, 2.45) is 0 Å². The van der Waals surface area contributed by atoms with E-state index in [1.807, 2.05) is 24.3 Å². The number of hydrogen-bond acceptors (Lipinski definition) is 4. The van der Waals surface area contributed by atoms with Crippen LogP contribution in [0.25, 0.3) is 132 Å². The zero-order valence-corrected chi connectivity index (χ0v) is 48.8. The molecule has 6 heteroatoms. The highest BCUT2D eigenvalue weighted by Crippen LogP contribution is 2.44. The van der Waals surface area contributed by atoms with Crippen LogP contribution >= 0.6 is 0 Å². The van der Waals surface area contributed by atoms with E-state index in [1.54, 1.807) is 0 Å². The summed E-state index contributed by atoms with van der Waals surface area (Å²) in [4.78, 5) is 4.70. The molecular weight excluding hydrogens is 1100 g/mol. The molecule has 0 unspecified atom stereocenters. The maximum absolute atomic E-state index is 6.51. The van der Waals surface area contributed by atoms with Gasteiger partial charge in [-0.05, 0) is 156 Å². The first-order chi connectivity index (χ1) is 44.6. The fourth-order valence-corrected chi connectivity index (χ4v) is 13.9. The topological polar surface area (TPSA) is 42.6 Å². The van der Waals surface area contributed by atoms with Crippen molar-refractivity contribution in [3.05, 3.63) is 328 Å². The van der Waals surface area contributed by atoms with Crippen molar-refractivity contribution in [3.63, 3.8) is 0 Å². The first kappa shape index (κ1) is 51.1. The monoisotopic (exact) mass is 1150 g/mol. The second-order valence-electron chi connectivity index (χ2n) is 23.2. The predicted molar refractivity (Wildman–Crippen MR) is 375 cm³/mol. The summed E-state index contributed by atoms with van der Waals surface area (Å²) in [5.74, 6) is 0. The van der Waals surface area contributed by atoms with E-state index in [0.717, 1.165) is 123 Å². The lowest BCUT2D eigenvalue weighted by atomic mass is 10.0. The van der Waals surface area contributed by atoms with Crippen molar-refractivity contribution in [2.45, 2.75) is 0 Å². The van der Waals surface area contributed by atoms with Gasteiger partial charge in [0.05, 0.1) is 22.1 Å². The van der Waals surface area contributed by atoms with Crippen LogP contribution in [0, 0.1) is 0 Å². The number of aromatic nitrogens is 2. The standard InChI is InChI=1S/C84H54N4O2/c1-7-25-77-69(15-1)70-16-2-8-26-78(70)87(77)65-51-47-63(48-52-65)85(61-43-35-57(36-44-61)67-21-13-23-75-73-19-5-11-29-81(73)89-83(67)75)59-39-31-55(32-40-59)56-33-41-60(42-34-56)86(62-45-37-58(38-46-62)68-22-14-24-76-74-20-6-12-30-82(74)90-84(68)76)64-49-53-66(54-50-64)88-79-27-9-3-17-71(79)72-18-4-10-28-80(72)88/h1-54H. The van der Waals surface area contributed by atoms with Crippen LogP contribution in [0.4, 0.5) is 34.1 Å². The van der Waals surface area contributed by atoms with Gasteiger partial charge in [0, 0.05) is 99.7 Å². The van der Waals surface area contributed by atoms with Crippen molar-refractivity contribution >= 4 is 122 Å². The minimum Gasteiger partial charge on any atom is -0.455 e.